The molecule has 0 aromatic carbocycles. The van der Waals surface area contributed by atoms with Crippen LogP contribution in [0.1, 0.15) is 45.1 Å². The number of hydrogen-bond acceptors (Lipinski definition) is 3. The number of pyridine rings is 1. The van der Waals surface area contributed by atoms with Crippen LogP contribution >= 0.6 is 0 Å². The third-order valence-electron chi connectivity index (χ3n) is 4.55. The van der Waals surface area contributed by atoms with Gasteiger partial charge in [-0.25, -0.2) is 0 Å². The van der Waals surface area contributed by atoms with Crippen molar-refractivity contribution in [3.05, 3.63) is 30.1 Å². The third kappa shape index (κ3) is 3.77. The molecule has 3 nitrogen and oxygen atoms in total. The Bertz CT molecular complexity index is 370. The van der Waals surface area contributed by atoms with Gasteiger partial charge in [-0.3, -0.25) is 4.98 Å². The van der Waals surface area contributed by atoms with Crippen molar-refractivity contribution in [3.63, 3.8) is 0 Å². The van der Waals surface area contributed by atoms with Crippen LogP contribution in [0.15, 0.2) is 24.5 Å². The first-order valence-corrected chi connectivity index (χ1v) is 7.38. The first kappa shape index (κ1) is 14.5. The summed E-state index contributed by atoms with van der Waals surface area (Å²) in [5.41, 5.74) is 7.06. The predicted molar refractivity (Wildman–Crippen MR) is 77.6 cm³/mol. The predicted octanol–water partition coefficient (Wildman–Crippen LogP) is 3.14. The van der Waals surface area contributed by atoms with Crippen LogP contribution in [0.3, 0.4) is 0 Å². The lowest BCUT2D eigenvalue weighted by molar-refractivity contribution is -0.0841. The zero-order valence-corrected chi connectivity index (χ0v) is 12.1. The third-order valence-corrected chi connectivity index (χ3v) is 4.55. The van der Waals surface area contributed by atoms with Gasteiger partial charge in [0, 0.05) is 18.9 Å². The minimum Gasteiger partial charge on any atom is -0.369 e. The molecule has 106 valence electrons. The van der Waals surface area contributed by atoms with Crippen LogP contribution in [-0.4, -0.2) is 17.1 Å². The maximum Gasteiger partial charge on any atom is 0.0808 e. The van der Waals surface area contributed by atoms with Gasteiger partial charge in [-0.05, 0) is 55.2 Å². The standard InChI is InChI=1S/C16H26N2O/c1-13(2)15-3-7-16(12-17,8-4-15)19-11-14-5-9-18-10-6-14/h5-6,9-10,13,15H,3-4,7-8,11-12,17H2,1-2H3. The van der Waals surface area contributed by atoms with E-state index in [2.05, 4.69) is 18.8 Å². The minimum atomic E-state index is -0.103. The molecular weight excluding hydrogens is 236 g/mol. The van der Waals surface area contributed by atoms with E-state index in [1.165, 1.54) is 18.4 Å². The zero-order chi connectivity index (χ0) is 13.7. The molecule has 1 heterocycles. The molecule has 0 saturated heterocycles. The van der Waals surface area contributed by atoms with Crippen LogP contribution in [-0.2, 0) is 11.3 Å². The Morgan fingerprint density at radius 3 is 2.47 bits per heavy atom. The van der Waals surface area contributed by atoms with Gasteiger partial charge in [-0.15, -0.1) is 0 Å². The molecule has 1 aliphatic carbocycles. The fourth-order valence-electron chi connectivity index (χ4n) is 2.96. The van der Waals surface area contributed by atoms with Crippen molar-refractivity contribution in [2.75, 3.05) is 6.54 Å². The van der Waals surface area contributed by atoms with Gasteiger partial charge in [-0.1, -0.05) is 13.8 Å². The molecule has 1 saturated carbocycles. The molecular formula is C16H26N2O. The molecule has 0 amide bonds. The van der Waals surface area contributed by atoms with E-state index in [1.807, 2.05) is 24.5 Å². The molecule has 1 aromatic rings. The highest BCUT2D eigenvalue weighted by Gasteiger charge is 2.35. The Morgan fingerprint density at radius 2 is 1.95 bits per heavy atom. The zero-order valence-electron chi connectivity index (χ0n) is 12.1. The first-order chi connectivity index (χ1) is 9.15. The minimum absolute atomic E-state index is 0.103. The monoisotopic (exact) mass is 262 g/mol. The van der Waals surface area contributed by atoms with E-state index < -0.39 is 0 Å². The second-order valence-corrected chi connectivity index (χ2v) is 6.11. The van der Waals surface area contributed by atoms with Crippen molar-refractivity contribution in [2.24, 2.45) is 17.6 Å². The maximum absolute atomic E-state index is 6.18. The summed E-state index contributed by atoms with van der Waals surface area (Å²) in [7, 11) is 0. The lowest BCUT2D eigenvalue weighted by atomic mass is 9.74. The van der Waals surface area contributed by atoms with Crippen LogP contribution in [0.5, 0.6) is 0 Å². The highest BCUT2D eigenvalue weighted by Crippen LogP contribution is 2.37. The fraction of sp³-hybridized carbons (Fsp3) is 0.688. The lowest BCUT2D eigenvalue weighted by Gasteiger charge is -2.40. The van der Waals surface area contributed by atoms with Crippen LogP contribution in [0.25, 0.3) is 0 Å². The second kappa shape index (κ2) is 6.49. The van der Waals surface area contributed by atoms with Crippen molar-refractivity contribution in [2.45, 2.75) is 51.7 Å². The van der Waals surface area contributed by atoms with Gasteiger partial charge in [0.05, 0.1) is 12.2 Å². The molecule has 0 aliphatic heterocycles. The van der Waals surface area contributed by atoms with E-state index in [0.717, 1.165) is 24.7 Å². The van der Waals surface area contributed by atoms with Gasteiger partial charge >= 0.3 is 0 Å². The van der Waals surface area contributed by atoms with Crippen LogP contribution in [0, 0.1) is 11.8 Å². The lowest BCUT2D eigenvalue weighted by Crippen LogP contribution is -2.44. The molecule has 19 heavy (non-hydrogen) atoms. The van der Waals surface area contributed by atoms with Crippen molar-refractivity contribution in [1.29, 1.82) is 0 Å². The molecule has 0 bridgehead atoms. The van der Waals surface area contributed by atoms with Gasteiger partial charge in [0.2, 0.25) is 0 Å². The molecule has 0 spiro atoms. The summed E-state index contributed by atoms with van der Waals surface area (Å²) < 4.78 is 6.18. The molecule has 0 atom stereocenters. The molecule has 2 rings (SSSR count). The fourth-order valence-corrected chi connectivity index (χ4v) is 2.96. The summed E-state index contributed by atoms with van der Waals surface area (Å²) in [4.78, 5) is 4.03. The van der Waals surface area contributed by atoms with E-state index in [1.54, 1.807) is 0 Å². The molecule has 1 aromatic heterocycles. The quantitative estimate of drug-likeness (QED) is 0.886. The SMILES string of the molecule is CC(C)C1CCC(CN)(OCc2ccncc2)CC1. The van der Waals surface area contributed by atoms with E-state index >= 15 is 0 Å². The summed E-state index contributed by atoms with van der Waals surface area (Å²) in [6.45, 7) is 5.91. The normalized spacial score (nSPS) is 27.7. The number of ether oxygens (including phenoxy) is 1. The Hall–Kier alpha value is -0.930. The maximum atomic E-state index is 6.18. The van der Waals surface area contributed by atoms with Gasteiger partial charge in [-0.2, -0.15) is 0 Å². The number of nitrogens with two attached hydrogens (primary N) is 1. The van der Waals surface area contributed by atoms with Crippen molar-refractivity contribution >= 4 is 0 Å². The summed E-state index contributed by atoms with van der Waals surface area (Å²) in [5, 5.41) is 0. The number of hydrogen-bond donors (Lipinski definition) is 1. The second-order valence-electron chi connectivity index (χ2n) is 6.11. The first-order valence-electron chi connectivity index (χ1n) is 7.38. The number of nitrogens with zero attached hydrogens (tertiary/aromatic N) is 1. The van der Waals surface area contributed by atoms with E-state index in [0.29, 0.717) is 13.2 Å². The Kier molecular flexibility index (Phi) is 4.94. The average Bonchev–Trinajstić information content (AvgIpc) is 2.46. The Morgan fingerprint density at radius 1 is 1.32 bits per heavy atom. The summed E-state index contributed by atoms with van der Waals surface area (Å²) >= 11 is 0. The van der Waals surface area contributed by atoms with Crippen LogP contribution < -0.4 is 5.73 Å². The van der Waals surface area contributed by atoms with E-state index in [-0.39, 0.29) is 5.60 Å². The largest absolute Gasteiger partial charge is 0.369 e. The van der Waals surface area contributed by atoms with Gasteiger partial charge in [0.25, 0.3) is 0 Å². The number of aromatic nitrogens is 1. The molecule has 0 unspecified atom stereocenters. The Balaban J connectivity index is 1.90. The van der Waals surface area contributed by atoms with Crippen molar-refractivity contribution in [1.82, 2.24) is 4.98 Å². The van der Waals surface area contributed by atoms with Crippen LogP contribution in [0.4, 0.5) is 0 Å². The molecule has 3 heteroatoms. The van der Waals surface area contributed by atoms with Crippen molar-refractivity contribution < 1.29 is 4.74 Å². The summed E-state index contributed by atoms with van der Waals surface area (Å²) in [6, 6.07) is 4.01. The summed E-state index contributed by atoms with van der Waals surface area (Å²) in [5.74, 6) is 1.61. The van der Waals surface area contributed by atoms with Gasteiger partial charge in [0.15, 0.2) is 0 Å². The highest BCUT2D eigenvalue weighted by atomic mass is 16.5. The molecule has 2 N–H and O–H groups in total. The van der Waals surface area contributed by atoms with E-state index in [4.69, 9.17) is 10.5 Å². The average molecular weight is 262 g/mol. The number of rotatable bonds is 5. The molecule has 1 fully saturated rings. The van der Waals surface area contributed by atoms with Crippen LogP contribution in [0.2, 0.25) is 0 Å². The van der Waals surface area contributed by atoms with Gasteiger partial charge < -0.3 is 10.5 Å². The summed E-state index contributed by atoms with van der Waals surface area (Å²) in [6.07, 6.45) is 8.29. The van der Waals surface area contributed by atoms with E-state index in [9.17, 15) is 0 Å². The molecule has 1 aliphatic rings. The Labute approximate surface area is 116 Å². The van der Waals surface area contributed by atoms with Gasteiger partial charge in [0.1, 0.15) is 0 Å². The highest BCUT2D eigenvalue weighted by molar-refractivity contribution is 5.08. The van der Waals surface area contributed by atoms with Crippen molar-refractivity contribution in [3.8, 4) is 0 Å². The topological polar surface area (TPSA) is 48.1 Å². The molecule has 0 radical (unpaired) electrons. The smallest absolute Gasteiger partial charge is 0.0808 e.